The summed E-state index contributed by atoms with van der Waals surface area (Å²) in [4.78, 5) is 4.54. The van der Waals surface area contributed by atoms with Gasteiger partial charge in [0.2, 0.25) is 0 Å². The van der Waals surface area contributed by atoms with Crippen LogP contribution in [0.25, 0.3) is 11.3 Å². The minimum absolute atomic E-state index is 0.542. The van der Waals surface area contributed by atoms with Crippen LogP contribution in [0.2, 0.25) is 0 Å². The first-order chi connectivity index (χ1) is 9.08. The molecule has 0 atom stereocenters. The maximum atomic E-state index is 5.64. The first kappa shape index (κ1) is 13.6. The molecular formula is C15H20N2O2. The minimum Gasteiger partial charge on any atom is -0.496 e. The van der Waals surface area contributed by atoms with E-state index in [1.165, 1.54) is 0 Å². The van der Waals surface area contributed by atoms with Crippen LogP contribution in [0.3, 0.4) is 0 Å². The molecule has 4 heteroatoms. The van der Waals surface area contributed by atoms with Gasteiger partial charge in [0.1, 0.15) is 17.2 Å². The van der Waals surface area contributed by atoms with E-state index in [4.69, 9.17) is 14.9 Å². The molecule has 0 bridgehead atoms. The maximum Gasteiger partial charge on any atom is 0.196 e. The van der Waals surface area contributed by atoms with Crippen LogP contribution < -0.4 is 10.5 Å². The number of oxazole rings is 1. The Morgan fingerprint density at radius 3 is 2.58 bits per heavy atom. The number of aromatic nitrogens is 1. The molecule has 0 saturated carbocycles. The fraction of sp³-hybridized carbons (Fsp3) is 0.400. The molecule has 0 aliphatic carbocycles. The van der Waals surface area contributed by atoms with E-state index in [9.17, 15) is 0 Å². The van der Waals surface area contributed by atoms with Crippen LogP contribution in [0.5, 0.6) is 5.75 Å². The normalized spacial score (nSPS) is 10.8. The van der Waals surface area contributed by atoms with Gasteiger partial charge in [-0.1, -0.05) is 0 Å². The molecule has 2 aromatic rings. The molecule has 0 spiro atoms. The SMILES string of the molecule is COc1ccc(-c2nc(CCN)oc2C)c(C)c1C. The van der Waals surface area contributed by atoms with Crippen LogP contribution in [0.4, 0.5) is 0 Å². The highest BCUT2D eigenvalue weighted by Gasteiger charge is 2.15. The van der Waals surface area contributed by atoms with Crippen molar-refractivity contribution >= 4 is 0 Å². The second-order valence-electron chi connectivity index (χ2n) is 4.62. The van der Waals surface area contributed by atoms with Gasteiger partial charge in [0.15, 0.2) is 5.89 Å². The lowest BCUT2D eigenvalue weighted by Gasteiger charge is -2.11. The Kier molecular flexibility index (Phi) is 3.90. The van der Waals surface area contributed by atoms with Gasteiger partial charge >= 0.3 is 0 Å². The topological polar surface area (TPSA) is 61.3 Å². The monoisotopic (exact) mass is 260 g/mol. The largest absolute Gasteiger partial charge is 0.496 e. The third kappa shape index (κ3) is 2.49. The summed E-state index contributed by atoms with van der Waals surface area (Å²) in [6.07, 6.45) is 0.662. The summed E-state index contributed by atoms with van der Waals surface area (Å²) in [7, 11) is 1.68. The Bertz CT molecular complexity index is 588. The standard InChI is InChI=1S/C15H20N2O2/c1-9-10(2)13(18-4)6-5-12(9)15-11(3)19-14(17-15)7-8-16/h5-6H,7-8,16H2,1-4H3. The zero-order chi connectivity index (χ0) is 14.0. The van der Waals surface area contributed by atoms with E-state index in [1.54, 1.807) is 7.11 Å². The molecule has 1 heterocycles. The lowest BCUT2D eigenvalue weighted by atomic mass is 9.99. The van der Waals surface area contributed by atoms with E-state index >= 15 is 0 Å². The van der Waals surface area contributed by atoms with Crippen LogP contribution in [0.15, 0.2) is 16.5 Å². The minimum atomic E-state index is 0.542. The highest BCUT2D eigenvalue weighted by molar-refractivity contribution is 5.68. The molecule has 0 amide bonds. The number of methoxy groups -OCH3 is 1. The fourth-order valence-electron chi connectivity index (χ4n) is 2.21. The number of ether oxygens (including phenoxy) is 1. The lowest BCUT2D eigenvalue weighted by molar-refractivity contribution is 0.411. The maximum absolute atomic E-state index is 5.64. The van der Waals surface area contributed by atoms with Crippen LogP contribution in [-0.4, -0.2) is 18.6 Å². The van der Waals surface area contributed by atoms with Crippen molar-refractivity contribution in [3.63, 3.8) is 0 Å². The number of nitrogens with two attached hydrogens (primary N) is 1. The molecule has 0 radical (unpaired) electrons. The van der Waals surface area contributed by atoms with Crippen molar-refractivity contribution < 1.29 is 9.15 Å². The number of hydrogen-bond acceptors (Lipinski definition) is 4. The predicted molar refractivity (Wildman–Crippen MR) is 75.5 cm³/mol. The number of hydrogen-bond donors (Lipinski definition) is 1. The Morgan fingerprint density at radius 1 is 1.21 bits per heavy atom. The van der Waals surface area contributed by atoms with Gasteiger partial charge in [0.25, 0.3) is 0 Å². The van der Waals surface area contributed by atoms with Crippen molar-refractivity contribution in [2.24, 2.45) is 5.73 Å². The molecule has 4 nitrogen and oxygen atoms in total. The van der Waals surface area contributed by atoms with Crippen molar-refractivity contribution in [1.29, 1.82) is 0 Å². The van der Waals surface area contributed by atoms with Gasteiger partial charge in [0, 0.05) is 18.5 Å². The summed E-state index contributed by atoms with van der Waals surface area (Å²) < 4.78 is 11.0. The molecule has 0 saturated heterocycles. The Labute approximate surface area is 113 Å². The van der Waals surface area contributed by atoms with Crippen LogP contribution in [0, 0.1) is 20.8 Å². The summed E-state index contributed by atoms with van der Waals surface area (Å²) in [5.41, 5.74) is 9.80. The molecule has 2 N–H and O–H groups in total. The predicted octanol–water partition coefficient (Wildman–Crippen LogP) is 2.78. The first-order valence-electron chi connectivity index (χ1n) is 6.39. The van der Waals surface area contributed by atoms with E-state index in [2.05, 4.69) is 11.9 Å². The van der Waals surface area contributed by atoms with Gasteiger partial charge in [0.05, 0.1) is 7.11 Å². The molecule has 1 aromatic heterocycles. The third-order valence-corrected chi connectivity index (χ3v) is 3.41. The Hall–Kier alpha value is -1.81. The van der Waals surface area contributed by atoms with Gasteiger partial charge in [-0.2, -0.15) is 0 Å². The molecular weight excluding hydrogens is 240 g/mol. The van der Waals surface area contributed by atoms with Crippen molar-refractivity contribution in [2.75, 3.05) is 13.7 Å². The first-order valence-corrected chi connectivity index (χ1v) is 6.39. The second-order valence-corrected chi connectivity index (χ2v) is 4.62. The number of nitrogens with zero attached hydrogens (tertiary/aromatic N) is 1. The molecule has 102 valence electrons. The number of rotatable bonds is 4. The molecule has 0 unspecified atom stereocenters. The smallest absolute Gasteiger partial charge is 0.196 e. The molecule has 0 aliphatic heterocycles. The number of aryl methyl sites for hydroxylation is 1. The van der Waals surface area contributed by atoms with Gasteiger partial charge in [-0.25, -0.2) is 4.98 Å². The van der Waals surface area contributed by atoms with Gasteiger partial charge in [-0.05, 0) is 44.0 Å². The molecule has 19 heavy (non-hydrogen) atoms. The Balaban J connectivity index is 2.50. The fourth-order valence-corrected chi connectivity index (χ4v) is 2.21. The lowest BCUT2D eigenvalue weighted by Crippen LogP contribution is -2.02. The molecule has 2 rings (SSSR count). The third-order valence-electron chi connectivity index (χ3n) is 3.41. The summed E-state index contributed by atoms with van der Waals surface area (Å²) >= 11 is 0. The van der Waals surface area contributed by atoms with Crippen LogP contribution in [0.1, 0.15) is 22.8 Å². The Morgan fingerprint density at radius 2 is 1.95 bits per heavy atom. The highest BCUT2D eigenvalue weighted by atomic mass is 16.5. The van der Waals surface area contributed by atoms with Gasteiger partial charge < -0.3 is 14.9 Å². The van der Waals surface area contributed by atoms with Gasteiger partial charge in [-0.3, -0.25) is 0 Å². The van der Waals surface area contributed by atoms with Crippen molar-refractivity contribution in [1.82, 2.24) is 4.98 Å². The average molecular weight is 260 g/mol. The second kappa shape index (κ2) is 5.45. The van der Waals surface area contributed by atoms with Gasteiger partial charge in [-0.15, -0.1) is 0 Å². The van der Waals surface area contributed by atoms with Crippen molar-refractivity contribution in [3.8, 4) is 17.0 Å². The number of benzene rings is 1. The summed E-state index contributed by atoms with van der Waals surface area (Å²) in [6.45, 7) is 6.60. The summed E-state index contributed by atoms with van der Waals surface area (Å²) in [5.74, 6) is 2.42. The zero-order valence-electron chi connectivity index (χ0n) is 11.9. The summed E-state index contributed by atoms with van der Waals surface area (Å²) in [6, 6.07) is 3.99. The van der Waals surface area contributed by atoms with Crippen molar-refractivity contribution in [2.45, 2.75) is 27.2 Å². The van der Waals surface area contributed by atoms with Crippen LogP contribution >= 0.6 is 0 Å². The zero-order valence-corrected chi connectivity index (χ0v) is 11.9. The molecule has 1 aromatic carbocycles. The molecule has 0 fully saturated rings. The molecule has 0 aliphatic rings. The van der Waals surface area contributed by atoms with Crippen LogP contribution in [-0.2, 0) is 6.42 Å². The van der Waals surface area contributed by atoms with E-state index in [0.717, 1.165) is 33.9 Å². The van der Waals surface area contributed by atoms with E-state index in [-0.39, 0.29) is 0 Å². The van der Waals surface area contributed by atoms with E-state index in [0.29, 0.717) is 18.9 Å². The van der Waals surface area contributed by atoms with E-state index < -0.39 is 0 Å². The quantitative estimate of drug-likeness (QED) is 0.918. The van der Waals surface area contributed by atoms with Crippen molar-refractivity contribution in [3.05, 3.63) is 34.9 Å². The summed E-state index contributed by atoms with van der Waals surface area (Å²) in [5, 5.41) is 0. The van der Waals surface area contributed by atoms with E-state index in [1.807, 2.05) is 26.0 Å². The average Bonchev–Trinajstić information content (AvgIpc) is 2.74. The highest BCUT2D eigenvalue weighted by Crippen LogP contribution is 2.32.